The molecule has 1 fully saturated rings. The number of halogens is 1. The minimum absolute atomic E-state index is 0.0391. The Morgan fingerprint density at radius 1 is 1.50 bits per heavy atom. The molecule has 20 heavy (non-hydrogen) atoms. The van der Waals surface area contributed by atoms with Crippen molar-refractivity contribution in [2.24, 2.45) is 5.92 Å². The third-order valence-electron chi connectivity index (χ3n) is 3.18. The first-order valence-electron chi connectivity index (χ1n) is 5.79. The summed E-state index contributed by atoms with van der Waals surface area (Å²) in [7, 11) is -3.83. The van der Waals surface area contributed by atoms with Crippen molar-refractivity contribution in [1.29, 1.82) is 5.26 Å². The Kier molecular flexibility index (Phi) is 3.99. The van der Waals surface area contributed by atoms with Gasteiger partial charge in [0.2, 0.25) is 10.0 Å². The lowest BCUT2D eigenvalue weighted by molar-refractivity contribution is -0.141. The Balaban J connectivity index is 2.33. The Morgan fingerprint density at radius 2 is 2.20 bits per heavy atom. The molecule has 106 valence electrons. The number of nitriles is 1. The zero-order chi connectivity index (χ0) is 14.9. The van der Waals surface area contributed by atoms with Gasteiger partial charge < -0.3 is 5.11 Å². The topological polar surface area (TPSA) is 98.5 Å². The Morgan fingerprint density at radius 3 is 2.70 bits per heavy atom. The number of sulfonamides is 1. The van der Waals surface area contributed by atoms with E-state index < -0.39 is 21.9 Å². The number of hydrogen-bond acceptors (Lipinski definition) is 4. The number of carboxylic acid groups (broad SMARTS) is 1. The summed E-state index contributed by atoms with van der Waals surface area (Å²) in [6.07, 6.45) is 0.280. The fourth-order valence-electron chi connectivity index (χ4n) is 2.07. The molecule has 1 heterocycles. The zero-order valence-corrected chi connectivity index (χ0v) is 11.9. The van der Waals surface area contributed by atoms with Crippen LogP contribution in [0.25, 0.3) is 0 Å². The maximum absolute atomic E-state index is 12.4. The number of carbonyl (C=O) groups is 1. The van der Waals surface area contributed by atoms with Gasteiger partial charge in [-0.25, -0.2) is 8.42 Å². The molecule has 0 amide bonds. The van der Waals surface area contributed by atoms with Gasteiger partial charge >= 0.3 is 5.97 Å². The lowest BCUT2D eigenvalue weighted by atomic mass is 10.1. The van der Waals surface area contributed by atoms with E-state index in [1.807, 2.05) is 6.07 Å². The minimum Gasteiger partial charge on any atom is -0.481 e. The van der Waals surface area contributed by atoms with Crippen LogP contribution < -0.4 is 0 Å². The highest BCUT2D eigenvalue weighted by molar-refractivity contribution is 7.89. The van der Waals surface area contributed by atoms with Crippen molar-refractivity contribution in [3.63, 3.8) is 0 Å². The predicted molar refractivity (Wildman–Crippen MR) is 70.7 cm³/mol. The van der Waals surface area contributed by atoms with Crippen LogP contribution in [0, 0.1) is 17.2 Å². The standard InChI is InChI=1S/C12H11ClN2O4S/c13-10-5-8(6-14)1-2-11(10)20(18,19)15-4-3-9(7-15)12(16)17/h1-2,5,9H,3-4,7H2,(H,16,17). The quantitative estimate of drug-likeness (QED) is 0.906. The molecule has 1 saturated heterocycles. The van der Waals surface area contributed by atoms with E-state index in [1.165, 1.54) is 18.2 Å². The van der Waals surface area contributed by atoms with Gasteiger partial charge in [0.1, 0.15) is 4.90 Å². The number of rotatable bonds is 3. The van der Waals surface area contributed by atoms with E-state index in [0.717, 1.165) is 4.31 Å². The van der Waals surface area contributed by atoms with Crippen LogP contribution in [-0.2, 0) is 14.8 Å². The molecule has 0 saturated carbocycles. The van der Waals surface area contributed by atoms with Crippen molar-refractivity contribution in [2.45, 2.75) is 11.3 Å². The second-order valence-corrected chi connectivity index (χ2v) is 6.76. The number of carboxylic acids is 1. The van der Waals surface area contributed by atoms with Gasteiger partial charge in [0.25, 0.3) is 0 Å². The predicted octanol–water partition coefficient (Wildman–Crippen LogP) is 1.31. The normalized spacial score (nSPS) is 19.7. The fourth-order valence-corrected chi connectivity index (χ4v) is 4.09. The summed E-state index contributed by atoms with van der Waals surface area (Å²) in [5.41, 5.74) is 0.263. The van der Waals surface area contributed by atoms with Gasteiger partial charge in [0, 0.05) is 13.1 Å². The molecule has 1 N–H and O–H groups in total. The molecular weight excluding hydrogens is 304 g/mol. The second kappa shape index (κ2) is 5.40. The molecule has 2 rings (SSSR count). The highest BCUT2D eigenvalue weighted by atomic mass is 35.5. The van der Waals surface area contributed by atoms with Gasteiger partial charge in [-0.3, -0.25) is 4.79 Å². The highest BCUT2D eigenvalue weighted by Crippen LogP contribution is 2.29. The molecule has 6 nitrogen and oxygen atoms in total. The number of nitrogens with zero attached hydrogens (tertiary/aromatic N) is 2. The fraction of sp³-hybridized carbons (Fsp3) is 0.333. The maximum Gasteiger partial charge on any atom is 0.307 e. The molecule has 0 bridgehead atoms. The van der Waals surface area contributed by atoms with Gasteiger partial charge in [0.05, 0.1) is 22.6 Å². The second-order valence-electron chi connectivity index (χ2n) is 4.44. The van der Waals surface area contributed by atoms with E-state index in [-0.39, 0.29) is 35.0 Å². The smallest absolute Gasteiger partial charge is 0.307 e. The van der Waals surface area contributed by atoms with Gasteiger partial charge in [0.15, 0.2) is 0 Å². The first-order chi connectivity index (χ1) is 9.36. The van der Waals surface area contributed by atoms with Crippen LogP contribution in [0.5, 0.6) is 0 Å². The van der Waals surface area contributed by atoms with Gasteiger partial charge in [-0.05, 0) is 24.6 Å². The zero-order valence-electron chi connectivity index (χ0n) is 10.3. The van der Waals surface area contributed by atoms with Crippen LogP contribution in [0.1, 0.15) is 12.0 Å². The summed E-state index contributed by atoms with van der Waals surface area (Å²) < 4.78 is 25.9. The third kappa shape index (κ3) is 2.63. The summed E-state index contributed by atoms with van der Waals surface area (Å²) in [5.74, 6) is -1.70. The van der Waals surface area contributed by atoms with Gasteiger partial charge in [-0.2, -0.15) is 9.57 Å². The molecule has 0 radical (unpaired) electrons. The average Bonchev–Trinajstić information content (AvgIpc) is 2.88. The lowest BCUT2D eigenvalue weighted by Gasteiger charge is -2.16. The van der Waals surface area contributed by atoms with E-state index in [4.69, 9.17) is 22.0 Å². The number of hydrogen-bond donors (Lipinski definition) is 1. The summed E-state index contributed by atoms with van der Waals surface area (Å²) in [6, 6.07) is 5.78. The summed E-state index contributed by atoms with van der Waals surface area (Å²) in [4.78, 5) is 10.8. The Hall–Kier alpha value is -1.62. The van der Waals surface area contributed by atoms with E-state index in [9.17, 15) is 13.2 Å². The molecule has 8 heteroatoms. The molecule has 0 aliphatic carbocycles. The molecule has 0 spiro atoms. The molecule has 1 aliphatic heterocycles. The van der Waals surface area contributed by atoms with Crippen LogP contribution >= 0.6 is 11.6 Å². The van der Waals surface area contributed by atoms with E-state index in [2.05, 4.69) is 0 Å². The van der Waals surface area contributed by atoms with Crippen LogP contribution in [0.3, 0.4) is 0 Å². The van der Waals surface area contributed by atoms with Crippen molar-refractivity contribution in [3.8, 4) is 6.07 Å². The summed E-state index contributed by atoms with van der Waals surface area (Å²) in [5, 5.41) is 17.6. The molecule has 1 aromatic carbocycles. The Labute approximate surface area is 121 Å². The van der Waals surface area contributed by atoms with Crippen LogP contribution in [0.2, 0.25) is 5.02 Å². The summed E-state index contributed by atoms with van der Waals surface area (Å²) >= 11 is 5.90. The monoisotopic (exact) mass is 314 g/mol. The third-order valence-corrected chi connectivity index (χ3v) is 5.53. The minimum atomic E-state index is -3.83. The van der Waals surface area contributed by atoms with Crippen molar-refractivity contribution >= 4 is 27.6 Å². The number of benzene rings is 1. The lowest BCUT2D eigenvalue weighted by Crippen LogP contribution is -2.30. The molecule has 0 aromatic heterocycles. The van der Waals surface area contributed by atoms with Crippen molar-refractivity contribution < 1.29 is 18.3 Å². The molecule has 1 aromatic rings. The Bertz CT molecular complexity index is 696. The molecule has 1 atom stereocenters. The van der Waals surface area contributed by atoms with Gasteiger partial charge in [-0.15, -0.1) is 0 Å². The van der Waals surface area contributed by atoms with Crippen LogP contribution in [-0.4, -0.2) is 36.9 Å². The van der Waals surface area contributed by atoms with E-state index >= 15 is 0 Å². The first kappa shape index (κ1) is 14.8. The first-order valence-corrected chi connectivity index (χ1v) is 7.60. The largest absolute Gasteiger partial charge is 0.481 e. The molecule has 1 unspecified atom stereocenters. The van der Waals surface area contributed by atoms with E-state index in [0.29, 0.717) is 0 Å². The highest BCUT2D eigenvalue weighted by Gasteiger charge is 2.36. The molecule has 1 aliphatic rings. The van der Waals surface area contributed by atoms with Gasteiger partial charge in [-0.1, -0.05) is 11.6 Å². The summed E-state index contributed by atoms with van der Waals surface area (Å²) in [6.45, 7) is 0.0869. The van der Waals surface area contributed by atoms with Crippen molar-refractivity contribution in [2.75, 3.05) is 13.1 Å². The maximum atomic E-state index is 12.4. The van der Waals surface area contributed by atoms with E-state index in [1.54, 1.807) is 0 Å². The average molecular weight is 315 g/mol. The number of aliphatic carboxylic acids is 1. The van der Waals surface area contributed by atoms with Crippen molar-refractivity contribution in [3.05, 3.63) is 28.8 Å². The molecular formula is C12H11ClN2O4S. The van der Waals surface area contributed by atoms with Crippen molar-refractivity contribution in [1.82, 2.24) is 4.31 Å². The SMILES string of the molecule is N#Cc1ccc(S(=O)(=O)N2CCC(C(=O)O)C2)c(Cl)c1. The van der Waals surface area contributed by atoms with Crippen LogP contribution in [0.15, 0.2) is 23.1 Å². The van der Waals surface area contributed by atoms with Crippen LogP contribution in [0.4, 0.5) is 0 Å².